The molecule has 0 saturated carbocycles. The molecule has 0 spiro atoms. The molecule has 4 nitrogen and oxygen atoms in total. The molecule has 0 radical (unpaired) electrons. The number of benzene rings is 2. The predicted molar refractivity (Wildman–Crippen MR) is 101 cm³/mol. The highest BCUT2D eigenvalue weighted by Crippen LogP contribution is 2.35. The molecule has 0 saturated heterocycles. The zero-order chi connectivity index (χ0) is 18.0. The lowest BCUT2D eigenvalue weighted by atomic mass is 9.99. The van der Waals surface area contributed by atoms with Gasteiger partial charge in [-0.15, -0.1) is 0 Å². The fourth-order valence-electron chi connectivity index (χ4n) is 2.75. The maximum Gasteiger partial charge on any atom is 0.277 e. The molecule has 1 unspecified atom stereocenters. The van der Waals surface area contributed by atoms with Crippen LogP contribution < -0.4 is 0 Å². The van der Waals surface area contributed by atoms with Crippen LogP contribution in [0.5, 0.6) is 0 Å². The number of sulfonamides is 1. The van der Waals surface area contributed by atoms with E-state index in [1.807, 2.05) is 54.6 Å². The maximum atomic E-state index is 13.1. The molecule has 0 fully saturated rings. The predicted octanol–water partition coefficient (Wildman–Crippen LogP) is 4.76. The van der Waals surface area contributed by atoms with Crippen molar-refractivity contribution >= 4 is 26.0 Å². The molecule has 0 N–H and O–H groups in total. The van der Waals surface area contributed by atoms with Crippen LogP contribution in [0.4, 0.5) is 0 Å². The van der Waals surface area contributed by atoms with Gasteiger partial charge in [-0.3, -0.25) is 0 Å². The summed E-state index contributed by atoms with van der Waals surface area (Å²) >= 11 is 3.54. The molecule has 3 aromatic rings. The van der Waals surface area contributed by atoms with Gasteiger partial charge < -0.3 is 4.42 Å². The Morgan fingerprint density at radius 1 is 0.960 bits per heavy atom. The van der Waals surface area contributed by atoms with Gasteiger partial charge in [0.15, 0.2) is 0 Å². The highest BCUT2D eigenvalue weighted by molar-refractivity contribution is 9.10. The van der Waals surface area contributed by atoms with Crippen molar-refractivity contribution in [1.82, 2.24) is 4.31 Å². The highest BCUT2D eigenvalue weighted by atomic mass is 79.9. The molecule has 0 aliphatic heterocycles. The third-order valence-corrected chi connectivity index (χ3v) is 6.45. The largest absolute Gasteiger partial charge is 0.449 e. The maximum absolute atomic E-state index is 13.1. The van der Waals surface area contributed by atoms with Gasteiger partial charge in [-0.05, 0) is 36.2 Å². The third-order valence-electron chi connectivity index (χ3n) is 4.03. The monoisotopic (exact) mass is 419 g/mol. The van der Waals surface area contributed by atoms with Crippen molar-refractivity contribution < 1.29 is 12.8 Å². The minimum atomic E-state index is -3.78. The molecule has 0 aliphatic carbocycles. The minimum absolute atomic E-state index is 0.0551. The standard InChI is InChI=1S/C19H18BrNO3S/c1-14-12-13-18(24-14)25(22,23)21(2)19(15-8-4-3-5-9-15)16-10-6-7-11-17(16)20/h3-13,19H,1-2H3. The summed E-state index contributed by atoms with van der Waals surface area (Å²) in [5, 5.41) is -0.0551. The number of nitrogens with zero attached hydrogens (tertiary/aromatic N) is 1. The van der Waals surface area contributed by atoms with Crippen LogP contribution >= 0.6 is 15.9 Å². The van der Waals surface area contributed by atoms with Crippen molar-refractivity contribution in [3.8, 4) is 0 Å². The summed E-state index contributed by atoms with van der Waals surface area (Å²) in [5.41, 5.74) is 1.74. The fourth-order valence-corrected chi connectivity index (χ4v) is 4.52. The Kier molecular flexibility index (Phi) is 5.13. The second-order valence-electron chi connectivity index (χ2n) is 5.72. The van der Waals surface area contributed by atoms with Gasteiger partial charge in [0, 0.05) is 11.5 Å². The molecule has 0 bridgehead atoms. The van der Waals surface area contributed by atoms with Crippen LogP contribution in [0.3, 0.4) is 0 Å². The van der Waals surface area contributed by atoms with Crippen LogP contribution in [0.25, 0.3) is 0 Å². The average Bonchev–Trinajstić information content (AvgIpc) is 3.05. The number of furan rings is 1. The molecule has 1 aromatic heterocycles. The van der Waals surface area contributed by atoms with Crippen LogP contribution in [0.1, 0.15) is 22.9 Å². The molecular weight excluding hydrogens is 402 g/mol. The van der Waals surface area contributed by atoms with Crippen molar-refractivity contribution in [3.63, 3.8) is 0 Å². The normalized spacial score (nSPS) is 13.1. The van der Waals surface area contributed by atoms with Crippen LogP contribution in [0.15, 0.2) is 80.7 Å². The van der Waals surface area contributed by atoms with Crippen molar-refractivity contribution in [3.05, 3.63) is 88.1 Å². The summed E-state index contributed by atoms with van der Waals surface area (Å²) in [7, 11) is -2.21. The van der Waals surface area contributed by atoms with E-state index in [1.165, 1.54) is 10.4 Å². The zero-order valence-electron chi connectivity index (χ0n) is 13.9. The first kappa shape index (κ1) is 17.9. The van der Waals surface area contributed by atoms with Gasteiger partial charge in [-0.1, -0.05) is 64.5 Å². The average molecular weight is 420 g/mol. The second kappa shape index (κ2) is 7.15. The minimum Gasteiger partial charge on any atom is -0.449 e. The third kappa shape index (κ3) is 3.56. The van der Waals surface area contributed by atoms with Gasteiger partial charge in [0.1, 0.15) is 5.76 Å². The van der Waals surface area contributed by atoms with Gasteiger partial charge in [0.2, 0.25) is 5.09 Å². The van der Waals surface area contributed by atoms with E-state index in [0.717, 1.165) is 15.6 Å². The van der Waals surface area contributed by atoms with Crippen molar-refractivity contribution in [2.75, 3.05) is 7.05 Å². The lowest BCUT2D eigenvalue weighted by molar-refractivity contribution is 0.374. The Labute approximate surface area is 156 Å². The summed E-state index contributed by atoms with van der Waals surface area (Å²) in [6, 6.07) is 19.8. The van der Waals surface area contributed by atoms with Crippen LogP contribution in [-0.4, -0.2) is 19.8 Å². The van der Waals surface area contributed by atoms with Gasteiger partial charge in [0.25, 0.3) is 10.0 Å². The van der Waals surface area contributed by atoms with E-state index in [1.54, 1.807) is 20.0 Å². The summed E-state index contributed by atoms with van der Waals surface area (Å²) in [5.74, 6) is 0.559. The van der Waals surface area contributed by atoms with Gasteiger partial charge in [-0.2, -0.15) is 4.31 Å². The Bertz CT molecular complexity index is 967. The van der Waals surface area contributed by atoms with E-state index in [2.05, 4.69) is 15.9 Å². The lowest BCUT2D eigenvalue weighted by Gasteiger charge is -2.28. The van der Waals surface area contributed by atoms with Crippen LogP contribution in [-0.2, 0) is 10.0 Å². The first-order chi connectivity index (χ1) is 11.9. The SMILES string of the molecule is Cc1ccc(S(=O)(=O)N(C)C(c2ccccc2)c2ccccc2Br)o1. The molecule has 0 aliphatic rings. The van der Waals surface area contributed by atoms with E-state index >= 15 is 0 Å². The highest BCUT2D eigenvalue weighted by Gasteiger charge is 2.33. The van der Waals surface area contributed by atoms with E-state index in [9.17, 15) is 8.42 Å². The molecule has 2 aromatic carbocycles. The first-order valence-electron chi connectivity index (χ1n) is 7.75. The molecule has 3 rings (SSSR count). The van der Waals surface area contributed by atoms with E-state index < -0.39 is 16.1 Å². The van der Waals surface area contributed by atoms with E-state index in [-0.39, 0.29) is 5.09 Å². The Morgan fingerprint density at radius 2 is 1.60 bits per heavy atom. The van der Waals surface area contributed by atoms with Crippen molar-refractivity contribution in [2.45, 2.75) is 18.1 Å². The summed E-state index contributed by atoms with van der Waals surface area (Å²) in [6.45, 7) is 1.72. The van der Waals surface area contributed by atoms with Gasteiger partial charge >= 0.3 is 0 Å². The van der Waals surface area contributed by atoms with E-state index in [4.69, 9.17) is 4.42 Å². The molecule has 6 heteroatoms. The summed E-state index contributed by atoms with van der Waals surface area (Å²) in [4.78, 5) is 0. The van der Waals surface area contributed by atoms with E-state index in [0.29, 0.717) is 5.76 Å². The Morgan fingerprint density at radius 3 is 2.20 bits per heavy atom. The topological polar surface area (TPSA) is 50.5 Å². The number of hydrogen-bond donors (Lipinski definition) is 0. The molecule has 0 amide bonds. The summed E-state index contributed by atoms with van der Waals surface area (Å²) in [6.07, 6.45) is 0. The number of halogens is 1. The number of hydrogen-bond acceptors (Lipinski definition) is 3. The molecule has 25 heavy (non-hydrogen) atoms. The summed E-state index contributed by atoms with van der Waals surface area (Å²) < 4.78 is 33.7. The van der Waals surface area contributed by atoms with Gasteiger partial charge in [-0.25, -0.2) is 8.42 Å². The Hall–Kier alpha value is -1.89. The quantitative estimate of drug-likeness (QED) is 0.598. The molecule has 1 atom stereocenters. The molecule has 1 heterocycles. The fraction of sp³-hybridized carbons (Fsp3) is 0.158. The zero-order valence-corrected chi connectivity index (χ0v) is 16.3. The van der Waals surface area contributed by atoms with Crippen molar-refractivity contribution in [2.24, 2.45) is 0 Å². The van der Waals surface area contributed by atoms with Crippen molar-refractivity contribution in [1.29, 1.82) is 0 Å². The first-order valence-corrected chi connectivity index (χ1v) is 9.98. The van der Waals surface area contributed by atoms with Gasteiger partial charge in [0.05, 0.1) is 6.04 Å². The Balaban J connectivity index is 2.13. The molecule has 130 valence electrons. The lowest BCUT2D eigenvalue weighted by Crippen LogP contribution is -2.32. The molecular formula is C19H18BrNO3S. The number of aryl methyl sites for hydroxylation is 1. The van der Waals surface area contributed by atoms with Crippen LogP contribution in [0, 0.1) is 6.92 Å². The van der Waals surface area contributed by atoms with Crippen LogP contribution in [0.2, 0.25) is 0 Å². The number of rotatable bonds is 5. The smallest absolute Gasteiger partial charge is 0.277 e. The second-order valence-corrected chi connectivity index (χ2v) is 8.50.